The van der Waals surface area contributed by atoms with Crippen LogP contribution in [0.1, 0.15) is 43.4 Å². The highest BCUT2D eigenvalue weighted by Crippen LogP contribution is 2.21. The van der Waals surface area contributed by atoms with E-state index in [9.17, 15) is 9.59 Å². The average molecular weight is 417 g/mol. The molecule has 0 heterocycles. The Morgan fingerprint density at radius 3 is 2.42 bits per heavy atom. The molecule has 0 saturated heterocycles. The van der Waals surface area contributed by atoms with E-state index in [-0.39, 0.29) is 11.8 Å². The van der Waals surface area contributed by atoms with E-state index in [1.807, 2.05) is 63.2 Å². The summed E-state index contributed by atoms with van der Waals surface area (Å²) in [6.45, 7) is 6.91. The van der Waals surface area contributed by atoms with Gasteiger partial charge in [0.25, 0.3) is 0 Å². The van der Waals surface area contributed by atoms with Crippen molar-refractivity contribution < 1.29 is 9.59 Å². The Kier molecular flexibility index (Phi) is 7.82. The highest BCUT2D eigenvalue weighted by molar-refractivity contribution is 5.88. The van der Waals surface area contributed by atoms with E-state index in [2.05, 4.69) is 29.6 Å². The van der Waals surface area contributed by atoms with Crippen LogP contribution in [0.4, 0.5) is 0 Å². The van der Waals surface area contributed by atoms with Crippen molar-refractivity contribution in [1.29, 1.82) is 0 Å². The third-order valence-corrected chi connectivity index (χ3v) is 5.68. The molecule has 0 aliphatic rings. The van der Waals surface area contributed by atoms with E-state index < -0.39 is 6.04 Å². The number of hydrogen-bond acceptors (Lipinski definition) is 2. The second-order valence-corrected chi connectivity index (χ2v) is 8.11. The molecule has 4 nitrogen and oxygen atoms in total. The smallest absolute Gasteiger partial charge is 0.242 e. The van der Waals surface area contributed by atoms with Crippen LogP contribution in [0.5, 0.6) is 0 Å². The van der Waals surface area contributed by atoms with Gasteiger partial charge in [-0.25, -0.2) is 0 Å². The monoisotopic (exact) mass is 416 g/mol. The predicted molar refractivity (Wildman–Crippen MR) is 127 cm³/mol. The molecule has 0 aliphatic heterocycles. The molecule has 4 heteroatoms. The van der Waals surface area contributed by atoms with Crippen molar-refractivity contribution >= 4 is 22.6 Å². The van der Waals surface area contributed by atoms with Gasteiger partial charge in [0.2, 0.25) is 11.8 Å². The van der Waals surface area contributed by atoms with E-state index in [4.69, 9.17) is 0 Å². The molecule has 0 saturated carbocycles. The van der Waals surface area contributed by atoms with E-state index in [1.165, 1.54) is 16.3 Å². The molecule has 0 radical (unpaired) electrons. The van der Waals surface area contributed by atoms with Crippen LogP contribution < -0.4 is 5.32 Å². The van der Waals surface area contributed by atoms with Gasteiger partial charge in [-0.05, 0) is 48.6 Å². The van der Waals surface area contributed by atoms with Gasteiger partial charge in [-0.3, -0.25) is 9.59 Å². The normalized spacial score (nSPS) is 11.8. The summed E-state index contributed by atoms with van der Waals surface area (Å²) in [6.07, 6.45) is 1.88. The molecule has 3 aromatic carbocycles. The van der Waals surface area contributed by atoms with Crippen molar-refractivity contribution in [1.82, 2.24) is 10.2 Å². The summed E-state index contributed by atoms with van der Waals surface area (Å²) in [5.41, 5.74) is 3.36. The van der Waals surface area contributed by atoms with Crippen LogP contribution in [0.2, 0.25) is 0 Å². The van der Waals surface area contributed by atoms with Gasteiger partial charge < -0.3 is 10.2 Å². The topological polar surface area (TPSA) is 49.4 Å². The zero-order valence-electron chi connectivity index (χ0n) is 18.7. The number of carbonyl (C=O) groups is 2. The van der Waals surface area contributed by atoms with Crippen molar-refractivity contribution in [3.05, 3.63) is 83.4 Å². The Hall–Kier alpha value is -3.14. The number of fused-ring (bicyclic) bond motifs is 1. The quantitative estimate of drug-likeness (QED) is 0.532. The molecule has 1 atom stereocenters. The number of nitrogens with one attached hydrogen (secondary N) is 1. The maximum absolute atomic E-state index is 13.3. The molecule has 162 valence electrons. The van der Waals surface area contributed by atoms with Crippen LogP contribution >= 0.6 is 0 Å². The van der Waals surface area contributed by atoms with Crippen LogP contribution in [0.15, 0.2) is 66.7 Å². The lowest BCUT2D eigenvalue weighted by Gasteiger charge is -2.29. The molecule has 1 unspecified atom stereocenters. The van der Waals surface area contributed by atoms with Gasteiger partial charge in [0.05, 0.1) is 0 Å². The van der Waals surface area contributed by atoms with Gasteiger partial charge in [0.1, 0.15) is 6.04 Å². The van der Waals surface area contributed by atoms with E-state index in [0.717, 1.165) is 17.5 Å². The highest BCUT2D eigenvalue weighted by atomic mass is 16.2. The molecule has 0 aromatic heterocycles. The minimum Gasteiger partial charge on any atom is -0.354 e. The van der Waals surface area contributed by atoms with Gasteiger partial charge in [0.15, 0.2) is 0 Å². The van der Waals surface area contributed by atoms with Crippen LogP contribution in [0, 0.1) is 6.92 Å². The second-order valence-electron chi connectivity index (χ2n) is 8.11. The van der Waals surface area contributed by atoms with Crippen molar-refractivity contribution in [3.63, 3.8) is 0 Å². The molecule has 0 fully saturated rings. The van der Waals surface area contributed by atoms with Crippen LogP contribution in [-0.4, -0.2) is 29.3 Å². The highest BCUT2D eigenvalue weighted by Gasteiger charge is 2.25. The predicted octanol–water partition coefficient (Wildman–Crippen LogP) is 5.02. The standard InChI is InChI=1S/C27H32N2O2/c1-4-18-28-27(31)21(3)29(19-22-14-12-20(2)13-15-22)26(30)17-16-24-10-7-9-23-8-5-6-11-25(23)24/h5-15,21H,4,16-19H2,1-3H3,(H,28,31). The van der Waals surface area contributed by atoms with Crippen molar-refractivity contribution in [3.8, 4) is 0 Å². The fourth-order valence-electron chi connectivity index (χ4n) is 3.76. The molecule has 31 heavy (non-hydrogen) atoms. The summed E-state index contributed by atoms with van der Waals surface area (Å²) in [5.74, 6) is -0.111. The van der Waals surface area contributed by atoms with Crippen molar-refractivity contribution in [2.45, 2.75) is 52.6 Å². The number of hydrogen-bond donors (Lipinski definition) is 1. The lowest BCUT2D eigenvalue weighted by molar-refractivity contribution is -0.140. The van der Waals surface area contributed by atoms with Crippen molar-refractivity contribution in [2.75, 3.05) is 6.54 Å². The first-order chi connectivity index (χ1) is 15.0. The Balaban J connectivity index is 1.77. The molecule has 3 rings (SSSR count). The maximum atomic E-state index is 13.3. The molecular weight excluding hydrogens is 384 g/mol. The first kappa shape index (κ1) is 22.5. The van der Waals surface area contributed by atoms with E-state index >= 15 is 0 Å². The average Bonchev–Trinajstić information content (AvgIpc) is 2.80. The van der Waals surface area contributed by atoms with Gasteiger partial charge in [-0.15, -0.1) is 0 Å². The third kappa shape index (κ3) is 5.94. The summed E-state index contributed by atoms with van der Waals surface area (Å²) in [4.78, 5) is 27.6. The number of carbonyl (C=O) groups excluding carboxylic acids is 2. The number of benzene rings is 3. The first-order valence-corrected chi connectivity index (χ1v) is 11.1. The summed E-state index contributed by atoms with van der Waals surface area (Å²) in [5, 5.41) is 5.28. The Morgan fingerprint density at radius 1 is 0.968 bits per heavy atom. The fraction of sp³-hybridized carbons (Fsp3) is 0.333. The Morgan fingerprint density at radius 2 is 1.68 bits per heavy atom. The van der Waals surface area contributed by atoms with Crippen LogP contribution in [0.3, 0.4) is 0 Å². The number of nitrogens with zero attached hydrogens (tertiary/aromatic N) is 1. The number of rotatable bonds is 9. The zero-order valence-corrected chi connectivity index (χ0v) is 18.7. The maximum Gasteiger partial charge on any atom is 0.242 e. The molecule has 0 aliphatic carbocycles. The van der Waals surface area contributed by atoms with Gasteiger partial charge >= 0.3 is 0 Å². The SMILES string of the molecule is CCCNC(=O)C(C)N(Cc1ccc(C)cc1)C(=O)CCc1cccc2ccccc12. The molecular formula is C27H32N2O2. The van der Waals surface area contributed by atoms with Crippen LogP contribution in [-0.2, 0) is 22.6 Å². The van der Waals surface area contributed by atoms with Crippen LogP contribution in [0.25, 0.3) is 10.8 Å². The van der Waals surface area contributed by atoms with Gasteiger partial charge in [0, 0.05) is 19.5 Å². The molecule has 3 aromatic rings. The van der Waals surface area contributed by atoms with Gasteiger partial charge in [-0.1, -0.05) is 79.2 Å². The number of aryl methyl sites for hydroxylation is 2. The minimum absolute atomic E-state index is 0.00680. The lowest BCUT2D eigenvalue weighted by atomic mass is 10.0. The largest absolute Gasteiger partial charge is 0.354 e. The Labute approximate surface area is 185 Å². The second kappa shape index (κ2) is 10.8. The molecule has 0 spiro atoms. The minimum atomic E-state index is -0.520. The summed E-state index contributed by atoms with van der Waals surface area (Å²) < 4.78 is 0. The van der Waals surface area contributed by atoms with Gasteiger partial charge in [-0.2, -0.15) is 0 Å². The molecule has 2 amide bonds. The number of amides is 2. The van der Waals surface area contributed by atoms with E-state index in [0.29, 0.717) is 25.9 Å². The molecule has 1 N–H and O–H groups in total. The van der Waals surface area contributed by atoms with Crippen molar-refractivity contribution in [2.24, 2.45) is 0 Å². The molecule has 0 bridgehead atoms. The fourth-order valence-corrected chi connectivity index (χ4v) is 3.76. The summed E-state index contributed by atoms with van der Waals surface area (Å²) >= 11 is 0. The Bertz CT molecular complexity index is 1020. The first-order valence-electron chi connectivity index (χ1n) is 11.1. The zero-order chi connectivity index (χ0) is 22.2. The summed E-state index contributed by atoms with van der Waals surface area (Å²) in [6, 6.07) is 22.0. The summed E-state index contributed by atoms with van der Waals surface area (Å²) in [7, 11) is 0. The third-order valence-electron chi connectivity index (χ3n) is 5.68. The van der Waals surface area contributed by atoms with E-state index in [1.54, 1.807) is 4.90 Å². The lowest BCUT2D eigenvalue weighted by Crippen LogP contribution is -2.47.